The summed E-state index contributed by atoms with van der Waals surface area (Å²) in [6, 6.07) is -0.869. The Bertz CT molecular complexity index is 740. The molecule has 0 radical (unpaired) electrons. The maximum absolute atomic E-state index is 11.6. The van der Waals surface area contributed by atoms with E-state index in [0.717, 1.165) is 0 Å². The molecule has 126 valence electrons. The van der Waals surface area contributed by atoms with Gasteiger partial charge < -0.3 is 21.3 Å². The number of aliphatic carboxylic acids is 1. The number of carbonyl (C=O) groups is 1. The third-order valence-corrected chi connectivity index (χ3v) is 3.57. The Hall–Kier alpha value is -2.46. The molecule has 0 aliphatic carbocycles. The first-order valence-corrected chi connectivity index (χ1v) is 7.17. The van der Waals surface area contributed by atoms with E-state index in [0.29, 0.717) is 25.1 Å². The van der Waals surface area contributed by atoms with E-state index in [-0.39, 0.29) is 24.1 Å². The maximum atomic E-state index is 11.6. The van der Waals surface area contributed by atoms with Crippen molar-refractivity contribution in [1.29, 1.82) is 0 Å². The molecule has 0 amide bonds. The first-order valence-electron chi connectivity index (χ1n) is 7.17. The van der Waals surface area contributed by atoms with Gasteiger partial charge in [0.05, 0.1) is 6.33 Å². The molecular weight excluding hydrogens is 304 g/mol. The second-order valence-corrected chi connectivity index (χ2v) is 5.36. The molecule has 2 unspecified atom stereocenters. The Morgan fingerprint density at radius 1 is 1.57 bits per heavy atom. The molecule has 0 saturated carbocycles. The fourth-order valence-electron chi connectivity index (χ4n) is 2.16. The largest absolute Gasteiger partial charge is 0.480 e. The van der Waals surface area contributed by atoms with Gasteiger partial charge in [-0.1, -0.05) is 6.92 Å². The zero-order valence-electron chi connectivity index (χ0n) is 12.7. The van der Waals surface area contributed by atoms with Crippen LogP contribution >= 0.6 is 0 Å². The SMILES string of the molecule is CC(CCCOCn1cnc2c(=O)[nH]c(N)nc21)C(N)C(=O)O. The number of fused-ring (bicyclic) bond motifs is 1. The van der Waals surface area contributed by atoms with Gasteiger partial charge in [-0.15, -0.1) is 0 Å². The van der Waals surface area contributed by atoms with E-state index in [1.807, 2.05) is 0 Å². The Balaban J connectivity index is 1.84. The van der Waals surface area contributed by atoms with Crippen LogP contribution in [0.4, 0.5) is 5.95 Å². The molecule has 23 heavy (non-hydrogen) atoms. The number of nitrogens with one attached hydrogen (secondary N) is 1. The van der Waals surface area contributed by atoms with E-state index in [4.69, 9.17) is 21.3 Å². The summed E-state index contributed by atoms with van der Waals surface area (Å²) in [5.41, 5.74) is 11.2. The lowest BCUT2D eigenvalue weighted by Gasteiger charge is -2.15. The van der Waals surface area contributed by atoms with Crippen LogP contribution in [-0.2, 0) is 16.3 Å². The van der Waals surface area contributed by atoms with Gasteiger partial charge in [-0.3, -0.25) is 19.1 Å². The van der Waals surface area contributed by atoms with Crippen LogP contribution in [0.25, 0.3) is 11.2 Å². The van der Waals surface area contributed by atoms with E-state index in [9.17, 15) is 9.59 Å². The smallest absolute Gasteiger partial charge is 0.320 e. The van der Waals surface area contributed by atoms with Crippen LogP contribution in [0.15, 0.2) is 11.1 Å². The molecule has 10 heteroatoms. The summed E-state index contributed by atoms with van der Waals surface area (Å²) in [5.74, 6) is -1.12. The third-order valence-electron chi connectivity index (χ3n) is 3.57. The van der Waals surface area contributed by atoms with Crippen molar-refractivity contribution in [2.75, 3.05) is 12.3 Å². The number of aromatic amines is 1. The van der Waals surface area contributed by atoms with E-state index < -0.39 is 17.6 Å². The van der Waals surface area contributed by atoms with Crippen molar-refractivity contribution in [3.8, 4) is 0 Å². The Morgan fingerprint density at radius 3 is 3.00 bits per heavy atom. The summed E-state index contributed by atoms with van der Waals surface area (Å²) in [7, 11) is 0. The van der Waals surface area contributed by atoms with Crippen molar-refractivity contribution >= 4 is 23.1 Å². The number of imidazole rings is 1. The number of hydrogen-bond donors (Lipinski definition) is 4. The monoisotopic (exact) mass is 324 g/mol. The Labute approximate surface area is 131 Å². The van der Waals surface area contributed by atoms with Gasteiger partial charge in [0.2, 0.25) is 5.95 Å². The number of rotatable bonds is 8. The molecule has 2 atom stereocenters. The molecule has 0 fully saturated rings. The van der Waals surface area contributed by atoms with Crippen LogP contribution in [0.3, 0.4) is 0 Å². The second-order valence-electron chi connectivity index (χ2n) is 5.36. The molecule has 0 saturated heterocycles. The summed E-state index contributed by atoms with van der Waals surface area (Å²) < 4.78 is 7.07. The molecule has 2 aromatic rings. The minimum atomic E-state index is -1.00. The van der Waals surface area contributed by atoms with Crippen LogP contribution < -0.4 is 17.0 Å². The highest BCUT2D eigenvalue weighted by Gasteiger charge is 2.19. The van der Waals surface area contributed by atoms with Crippen molar-refractivity contribution in [2.24, 2.45) is 11.7 Å². The molecule has 0 aliphatic rings. The lowest BCUT2D eigenvalue weighted by atomic mass is 9.98. The molecule has 2 aromatic heterocycles. The van der Waals surface area contributed by atoms with Gasteiger partial charge in [0, 0.05) is 6.61 Å². The normalized spacial score (nSPS) is 14.0. The number of nitrogen functional groups attached to an aromatic ring is 1. The number of nitrogens with zero attached hydrogens (tertiary/aromatic N) is 3. The average molecular weight is 324 g/mol. The highest BCUT2D eigenvalue weighted by molar-refractivity contribution is 5.73. The van der Waals surface area contributed by atoms with Gasteiger partial charge in [-0.05, 0) is 18.8 Å². The molecule has 10 nitrogen and oxygen atoms in total. The molecule has 0 aromatic carbocycles. The first kappa shape index (κ1) is 16.9. The first-order chi connectivity index (χ1) is 10.9. The molecular formula is C13H20N6O4. The van der Waals surface area contributed by atoms with Crippen LogP contribution in [0.1, 0.15) is 19.8 Å². The summed E-state index contributed by atoms with van der Waals surface area (Å²) in [4.78, 5) is 32.7. The maximum Gasteiger partial charge on any atom is 0.320 e. The molecule has 0 aliphatic heterocycles. The molecule has 0 bridgehead atoms. The predicted octanol–water partition coefficient (Wildman–Crippen LogP) is -0.496. The summed E-state index contributed by atoms with van der Waals surface area (Å²) in [5, 5.41) is 8.81. The zero-order chi connectivity index (χ0) is 17.0. The third kappa shape index (κ3) is 4.05. The average Bonchev–Trinajstić information content (AvgIpc) is 2.89. The van der Waals surface area contributed by atoms with Crippen LogP contribution in [0.2, 0.25) is 0 Å². The number of anilines is 1. The van der Waals surface area contributed by atoms with Crippen LogP contribution in [0, 0.1) is 5.92 Å². The number of carboxylic acid groups (broad SMARTS) is 1. The summed E-state index contributed by atoms with van der Waals surface area (Å²) in [6.07, 6.45) is 2.77. The van der Waals surface area contributed by atoms with Crippen molar-refractivity contribution in [2.45, 2.75) is 32.5 Å². The minimum absolute atomic E-state index is 0.0146. The van der Waals surface area contributed by atoms with Gasteiger partial charge in [-0.25, -0.2) is 4.98 Å². The number of hydrogen-bond acceptors (Lipinski definition) is 7. The fourth-order valence-corrected chi connectivity index (χ4v) is 2.16. The lowest BCUT2D eigenvalue weighted by Crippen LogP contribution is -2.36. The molecule has 2 heterocycles. The number of nitrogens with two attached hydrogens (primary N) is 2. The molecule has 2 rings (SSSR count). The zero-order valence-corrected chi connectivity index (χ0v) is 12.7. The highest BCUT2D eigenvalue weighted by Crippen LogP contribution is 2.10. The minimum Gasteiger partial charge on any atom is -0.480 e. The van der Waals surface area contributed by atoms with Gasteiger partial charge in [0.15, 0.2) is 11.2 Å². The van der Waals surface area contributed by atoms with E-state index in [2.05, 4.69) is 15.0 Å². The Morgan fingerprint density at radius 2 is 2.30 bits per heavy atom. The topological polar surface area (TPSA) is 162 Å². The van der Waals surface area contributed by atoms with Crippen molar-refractivity contribution in [3.05, 3.63) is 16.7 Å². The lowest BCUT2D eigenvalue weighted by molar-refractivity contribution is -0.139. The van der Waals surface area contributed by atoms with Gasteiger partial charge in [0.1, 0.15) is 12.8 Å². The highest BCUT2D eigenvalue weighted by atomic mass is 16.5. The van der Waals surface area contributed by atoms with E-state index in [1.165, 1.54) is 6.33 Å². The Kier molecular flexibility index (Phi) is 5.29. The second kappa shape index (κ2) is 7.20. The number of H-pyrrole nitrogens is 1. The van der Waals surface area contributed by atoms with Crippen molar-refractivity contribution in [1.82, 2.24) is 19.5 Å². The summed E-state index contributed by atoms with van der Waals surface area (Å²) >= 11 is 0. The van der Waals surface area contributed by atoms with Gasteiger partial charge >= 0.3 is 5.97 Å². The standard InChI is InChI=1S/C13H20N6O4/c1-7(8(14)12(21)22)3-2-4-23-6-19-5-16-9-10(19)17-13(15)18-11(9)20/h5,7-8H,2-4,6,14H2,1H3,(H,21,22)(H3,15,17,18,20). The summed E-state index contributed by atoms with van der Waals surface area (Å²) in [6.45, 7) is 2.39. The number of carboxylic acids is 1. The van der Waals surface area contributed by atoms with Crippen LogP contribution in [-0.4, -0.2) is 43.2 Å². The predicted molar refractivity (Wildman–Crippen MR) is 82.5 cm³/mol. The van der Waals surface area contributed by atoms with Crippen molar-refractivity contribution < 1.29 is 14.6 Å². The fraction of sp³-hybridized carbons (Fsp3) is 0.538. The molecule has 6 N–H and O–H groups in total. The van der Waals surface area contributed by atoms with Crippen LogP contribution in [0.5, 0.6) is 0 Å². The number of ether oxygens (including phenoxy) is 1. The van der Waals surface area contributed by atoms with E-state index >= 15 is 0 Å². The van der Waals surface area contributed by atoms with Gasteiger partial charge in [0.25, 0.3) is 5.56 Å². The van der Waals surface area contributed by atoms with Crippen molar-refractivity contribution in [3.63, 3.8) is 0 Å². The molecule has 0 spiro atoms. The number of aromatic nitrogens is 4. The quantitative estimate of drug-likeness (QED) is 0.472. The van der Waals surface area contributed by atoms with Gasteiger partial charge in [-0.2, -0.15) is 4.98 Å². The van der Waals surface area contributed by atoms with E-state index in [1.54, 1.807) is 11.5 Å².